The Balaban J connectivity index is 2.22. The summed E-state index contributed by atoms with van der Waals surface area (Å²) in [6, 6.07) is 0. The summed E-state index contributed by atoms with van der Waals surface area (Å²) in [5.41, 5.74) is 0. The Bertz CT molecular complexity index is 378. The van der Waals surface area contributed by atoms with Crippen LogP contribution in [-0.2, 0) is 20.9 Å². The fourth-order valence-electron chi connectivity index (χ4n) is 1.37. The molecule has 7 nitrogen and oxygen atoms in total. The normalized spacial score (nSPS) is 10.1. The third kappa shape index (κ3) is 4.94. The van der Waals surface area contributed by atoms with Gasteiger partial charge in [0.1, 0.15) is 12.7 Å². The molecular weight excluding hydrogens is 236 g/mol. The van der Waals surface area contributed by atoms with Crippen LogP contribution in [-0.4, -0.2) is 51.7 Å². The fourth-order valence-corrected chi connectivity index (χ4v) is 1.37. The highest BCUT2D eigenvalue weighted by Gasteiger charge is 2.11. The van der Waals surface area contributed by atoms with Crippen molar-refractivity contribution in [2.45, 2.75) is 26.3 Å². The SMILES string of the molecule is CCOC(=O)CCN(C)C(=O)CCn1cncn1. The molecule has 1 aromatic heterocycles. The minimum Gasteiger partial charge on any atom is -0.466 e. The Morgan fingerprint density at radius 1 is 1.39 bits per heavy atom. The third-order valence-electron chi connectivity index (χ3n) is 2.40. The summed E-state index contributed by atoms with van der Waals surface area (Å²) >= 11 is 0. The molecule has 7 heteroatoms. The molecule has 18 heavy (non-hydrogen) atoms. The van der Waals surface area contributed by atoms with Gasteiger partial charge in [-0.15, -0.1) is 0 Å². The van der Waals surface area contributed by atoms with E-state index in [1.807, 2.05) is 0 Å². The van der Waals surface area contributed by atoms with Gasteiger partial charge in [-0.1, -0.05) is 0 Å². The number of ether oxygens (including phenoxy) is 1. The molecule has 0 saturated carbocycles. The van der Waals surface area contributed by atoms with Gasteiger partial charge >= 0.3 is 5.97 Å². The Morgan fingerprint density at radius 2 is 2.17 bits per heavy atom. The maximum absolute atomic E-state index is 11.7. The van der Waals surface area contributed by atoms with Gasteiger partial charge in [0, 0.05) is 20.0 Å². The molecule has 0 fully saturated rings. The topological polar surface area (TPSA) is 77.3 Å². The zero-order valence-corrected chi connectivity index (χ0v) is 10.7. The molecule has 0 aliphatic carbocycles. The second-order valence-electron chi connectivity index (χ2n) is 3.78. The molecule has 0 aliphatic heterocycles. The van der Waals surface area contributed by atoms with Crippen molar-refractivity contribution >= 4 is 11.9 Å². The number of hydrogen-bond donors (Lipinski definition) is 0. The van der Waals surface area contributed by atoms with Crippen molar-refractivity contribution < 1.29 is 14.3 Å². The highest BCUT2D eigenvalue weighted by Crippen LogP contribution is 1.97. The number of amides is 1. The first kappa shape index (κ1) is 14.1. The van der Waals surface area contributed by atoms with E-state index in [1.165, 1.54) is 11.2 Å². The average molecular weight is 254 g/mol. The monoisotopic (exact) mass is 254 g/mol. The minimum atomic E-state index is -0.284. The third-order valence-corrected chi connectivity index (χ3v) is 2.40. The molecule has 100 valence electrons. The van der Waals surface area contributed by atoms with Crippen molar-refractivity contribution in [3.63, 3.8) is 0 Å². The molecule has 1 aromatic rings. The van der Waals surface area contributed by atoms with E-state index in [1.54, 1.807) is 25.0 Å². The molecule has 1 amide bonds. The van der Waals surface area contributed by atoms with Crippen molar-refractivity contribution in [3.05, 3.63) is 12.7 Å². The predicted molar refractivity (Wildman–Crippen MR) is 63.5 cm³/mol. The summed E-state index contributed by atoms with van der Waals surface area (Å²) in [6.45, 7) is 2.98. The fraction of sp³-hybridized carbons (Fsp3) is 0.636. The Kier molecular flexibility index (Phi) is 5.83. The number of carbonyl (C=O) groups is 2. The van der Waals surface area contributed by atoms with Gasteiger partial charge in [0.15, 0.2) is 0 Å². The van der Waals surface area contributed by atoms with E-state index < -0.39 is 0 Å². The van der Waals surface area contributed by atoms with E-state index in [4.69, 9.17) is 4.74 Å². The maximum atomic E-state index is 11.7. The van der Waals surface area contributed by atoms with Gasteiger partial charge in [0.05, 0.1) is 19.6 Å². The van der Waals surface area contributed by atoms with Crippen molar-refractivity contribution in [2.24, 2.45) is 0 Å². The number of hydrogen-bond acceptors (Lipinski definition) is 5. The van der Waals surface area contributed by atoms with Gasteiger partial charge in [-0.3, -0.25) is 14.3 Å². The van der Waals surface area contributed by atoms with Crippen molar-refractivity contribution in [3.8, 4) is 0 Å². The highest BCUT2D eigenvalue weighted by molar-refractivity contribution is 5.76. The number of rotatable bonds is 7. The molecular formula is C11H18N4O3. The minimum absolute atomic E-state index is 0.0326. The standard InChI is InChI=1S/C11H18N4O3/c1-3-18-11(17)5-6-14(2)10(16)4-7-15-9-12-8-13-15/h8-9H,3-7H2,1-2H3. The van der Waals surface area contributed by atoms with E-state index in [-0.39, 0.29) is 18.3 Å². The van der Waals surface area contributed by atoms with E-state index >= 15 is 0 Å². The average Bonchev–Trinajstić information content (AvgIpc) is 2.86. The van der Waals surface area contributed by atoms with Crippen LogP contribution in [0.2, 0.25) is 0 Å². The lowest BCUT2D eigenvalue weighted by Crippen LogP contribution is -2.30. The van der Waals surface area contributed by atoms with Crippen LogP contribution in [0.1, 0.15) is 19.8 Å². The maximum Gasteiger partial charge on any atom is 0.307 e. The van der Waals surface area contributed by atoms with Gasteiger partial charge in [0.25, 0.3) is 0 Å². The summed E-state index contributed by atoms with van der Waals surface area (Å²) in [7, 11) is 1.67. The first-order valence-electron chi connectivity index (χ1n) is 5.85. The van der Waals surface area contributed by atoms with Crippen LogP contribution in [0.3, 0.4) is 0 Å². The summed E-state index contributed by atoms with van der Waals surface area (Å²) in [5.74, 6) is -0.316. The second-order valence-corrected chi connectivity index (χ2v) is 3.78. The van der Waals surface area contributed by atoms with E-state index in [0.29, 0.717) is 26.1 Å². The molecule has 0 bridgehead atoms. The Morgan fingerprint density at radius 3 is 2.78 bits per heavy atom. The lowest BCUT2D eigenvalue weighted by Gasteiger charge is -2.16. The van der Waals surface area contributed by atoms with Crippen LogP contribution in [0.25, 0.3) is 0 Å². The van der Waals surface area contributed by atoms with Crippen molar-refractivity contribution in [1.82, 2.24) is 19.7 Å². The van der Waals surface area contributed by atoms with E-state index in [0.717, 1.165) is 0 Å². The van der Waals surface area contributed by atoms with Crippen LogP contribution in [0, 0.1) is 0 Å². The second kappa shape index (κ2) is 7.41. The van der Waals surface area contributed by atoms with E-state index in [9.17, 15) is 9.59 Å². The Labute approximate surface area is 106 Å². The van der Waals surface area contributed by atoms with Gasteiger partial charge < -0.3 is 9.64 Å². The van der Waals surface area contributed by atoms with Gasteiger partial charge in [0.2, 0.25) is 5.91 Å². The number of aryl methyl sites for hydroxylation is 1. The zero-order chi connectivity index (χ0) is 13.4. The number of nitrogens with zero attached hydrogens (tertiary/aromatic N) is 4. The predicted octanol–water partition coefficient (Wildman–Crippen LogP) is 0.0798. The molecule has 0 unspecified atom stereocenters. The molecule has 0 N–H and O–H groups in total. The van der Waals surface area contributed by atoms with Gasteiger partial charge in [-0.25, -0.2) is 4.98 Å². The number of esters is 1. The Hall–Kier alpha value is -1.92. The first-order chi connectivity index (χ1) is 8.63. The molecule has 1 heterocycles. The first-order valence-corrected chi connectivity index (χ1v) is 5.85. The number of aromatic nitrogens is 3. The van der Waals surface area contributed by atoms with Gasteiger partial charge in [-0.2, -0.15) is 5.10 Å². The molecule has 0 atom stereocenters. The zero-order valence-electron chi connectivity index (χ0n) is 10.7. The van der Waals surface area contributed by atoms with Crippen molar-refractivity contribution in [1.29, 1.82) is 0 Å². The van der Waals surface area contributed by atoms with Crippen LogP contribution in [0.5, 0.6) is 0 Å². The van der Waals surface area contributed by atoms with E-state index in [2.05, 4.69) is 10.1 Å². The molecule has 0 radical (unpaired) electrons. The van der Waals surface area contributed by atoms with Crippen LogP contribution in [0.4, 0.5) is 0 Å². The molecule has 0 aliphatic rings. The van der Waals surface area contributed by atoms with Crippen molar-refractivity contribution in [2.75, 3.05) is 20.2 Å². The molecule has 0 spiro atoms. The van der Waals surface area contributed by atoms with Gasteiger partial charge in [-0.05, 0) is 6.92 Å². The largest absolute Gasteiger partial charge is 0.466 e. The lowest BCUT2D eigenvalue weighted by atomic mass is 10.3. The summed E-state index contributed by atoms with van der Waals surface area (Å²) in [5, 5.41) is 3.91. The summed E-state index contributed by atoms with van der Waals surface area (Å²) in [4.78, 5) is 28.2. The van der Waals surface area contributed by atoms with Crippen LogP contribution in [0.15, 0.2) is 12.7 Å². The smallest absolute Gasteiger partial charge is 0.307 e. The van der Waals surface area contributed by atoms with Crippen LogP contribution >= 0.6 is 0 Å². The van der Waals surface area contributed by atoms with Crippen LogP contribution < -0.4 is 0 Å². The molecule has 0 saturated heterocycles. The molecule has 0 aromatic carbocycles. The number of carbonyl (C=O) groups excluding carboxylic acids is 2. The quantitative estimate of drug-likeness (QED) is 0.644. The molecule has 1 rings (SSSR count). The highest BCUT2D eigenvalue weighted by atomic mass is 16.5. The summed E-state index contributed by atoms with van der Waals surface area (Å²) < 4.78 is 6.39. The summed E-state index contributed by atoms with van der Waals surface area (Å²) in [6.07, 6.45) is 3.54. The lowest BCUT2D eigenvalue weighted by molar-refractivity contribution is -0.143.